The summed E-state index contributed by atoms with van der Waals surface area (Å²) in [6, 6.07) is 6.58. The number of oxazole rings is 1. The van der Waals surface area contributed by atoms with E-state index in [-0.39, 0.29) is 41.0 Å². The Bertz CT molecular complexity index is 1240. The van der Waals surface area contributed by atoms with Crippen LogP contribution in [-0.4, -0.2) is 36.1 Å². The number of amides is 1. The summed E-state index contributed by atoms with van der Waals surface area (Å²) in [7, 11) is 1.44. The van der Waals surface area contributed by atoms with Crippen molar-refractivity contribution in [1.29, 1.82) is 0 Å². The van der Waals surface area contributed by atoms with Crippen LogP contribution in [0, 0.1) is 17.6 Å². The summed E-state index contributed by atoms with van der Waals surface area (Å²) in [4.78, 5) is 18.7. The number of benzene rings is 2. The number of alkyl halides is 2. The van der Waals surface area contributed by atoms with Gasteiger partial charge >= 0.3 is 6.61 Å². The molecule has 2 N–H and O–H groups in total. The highest BCUT2D eigenvalue weighted by molar-refractivity contribution is 5.93. The topological polar surface area (TPSA) is 90.8 Å². The zero-order chi connectivity index (χ0) is 26.0. The number of ether oxygens (including phenoxy) is 2. The highest BCUT2D eigenvalue weighted by Gasteiger charge is 2.27. The van der Waals surface area contributed by atoms with Crippen LogP contribution in [0.4, 0.5) is 17.6 Å². The number of nitrogens with zero attached hydrogens (tertiary/aromatic N) is 2. The Balaban J connectivity index is 1.62. The van der Waals surface area contributed by atoms with Gasteiger partial charge in [-0.1, -0.05) is 6.07 Å². The first-order valence-electron chi connectivity index (χ1n) is 11.3. The van der Waals surface area contributed by atoms with E-state index in [9.17, 15) is 22.4 Å². The quantitative estimate of drug-likeness (QED) is 0.375. The van der Waals surface area contributed by atoms with Crippen molar-refractivity contribution in [2.45, 2.75) is 39.0 Å². The summed E-state index contributed by atoms with van der Waals surface area (Å²) in [6.45, 7) is -1.22. The molecule has 1 atom stereocenters. The second kappa shape index (κ2) is 10.6. The van der Waals surface area contributed by atoms with Gasteiger partial charge in [-0.15, -0.1) is 0 Å². The number of halogens is 4. The van der Waals surface area contributed by atoms with Crippen molar-refractivity contribution in [2.75, 3.05) is 13.7 Å². The lowest BCUT2D eigenvalue weighted by molar-refractivity contribution is -0.0515. The first-order valence-corrected chi connectivity index (χ1v) is 11.3. The third-order valence-corrected chi connectivity index (χ3v) is 5.62. The van der Waals surface area contributed by atoms with Crippen molar-refractivity contribution in [3.63, 3.8) is 0 Å². The summed E-state index contributed by atoms with van der Waals surface area (Å²) in [6.07, 6.45) is 2.01. The van der Waals surface area contributed by atoms with Crippen molar-refractivity contribution < 1.29 is 36.2 Å². The lowest BCUT2D eigenvalue weighted by Crippen LogP contribution is -2.28. The Morgan fingerprint density at radius 1 is 1.19 bits per heavy atom. The summed E-state index contributed by atoms with van der Waals surface area (Å²) in [5, 5.41) is 0. The number of nitrogens with two attached hydrogens (primary N) is 1. The average molecular weight is 507 g/mol. The van der Waals surface area contributed by atoms with Crippen molar-refractivity contribution in [2.24, 2.45) is 11.7 Å². The normalized spacial score (nSPS) is 14.1. The number of carbonyl (C=O) groups is 1. The van der Waals surface area contributed by atoms with Crippen molar-refractivity contribution in [3.8, 4) is 23.0 Å². The van der Waals surface area contributed by atoms with Crippen LogP contribution in [0.15, 0.2) is 40.8 Å². The molecule has 2 aromatic carbocycles. The third kappa shape index (κ3) is 5.96. The molecular weight excluding hydrogens is 482 g/mol. The molecule has 3 aromatic rings. The van der Waals surface area contributed by atoms with Gasteiger partial charge in [0.1, 0.15) is 11.6 Å². The van der Waals surface area contributed by atoms with E-state index in [0.717, 1.165) is 25.0 Å². The van der Waals surface area contributed by atoms with Gasteiger partial charge in [-0.3, -0.25) is 4.79 Å². The SMILES string of the molecule is C[C@H](N)c1oc(-c2ccc(OC(F)F)c(OCC3CC3)c2)nc1C(=O)N(C)Cc1ccc(F)cc1F. The van der Waals surface area contributed by atoms with E-state index in [4.69, 9.17) is 14.9 Å². The highest BCUT2D eigenvalue weighted by Crippen LogP contribution is 2.37. The fraction of sp³-hybridized carbons (Fsp3) is 0.360. The van der Waals surface area contributed by atoms with E-state index < -0.39 is 30.2 Å². The van der Waals surface area contributed by atoms with Gasteiger partial charge in [-0.05, 0) is 49.9 Å². The van der Waals surface area contributed by atoms with Crippen molar-refractivity contribution in [3.05, 3.63) is 65.1 Å². The lowest BCUT2D eigenvalue weighted by Gasteiger charge is -2.17. The molecule has 0 unspecified atom stereocenters. The zero-order valence-electron chi connectivity index (χ0n) is 19.6. The van der Waals surface area contributed by atoms with Gasteiger partial charge in [0.05, 0.1) is 12.6 Å². The van der Waals surface area contributed by atoms with E-state index in [2.05, 4.69) is 9.72 Å². The molecule has 1 aromatic heterocycles. The predicted octanol–water partition coefficient (Wildman–Crippen LogP) is 5.30. The number of aromatic nitrogens is 1. The molecule has 11 heteroatoms. The second-order valence-corrected chi connectivity index (χ2v) is 8.71. The molecule has 0 spiro atoms. The van der Waals surface area contributed by atoms with E-state index in [0.29, 0.717) is 18.1 Å². The minimum absolute atomic E-state index is 0.0203. The second-order valence-electron chi connectivity index (χ2n) is 8.71. The van der Waals surface area contributed by atoms with Gasteiger partial charge in [-0.2, -0.15) is 8.78 Å². The number of hydrogen-bond donors (Lipinski definition) is 1. The maximum atomic E-state index is 14.1. The molecule has 1 amide bonds. The Kier molecular flexibility index (Phi) is 7.48. The van der Waals surface area contributed by atoms with Gasteiger partial charge in [0.25, 0.3) is 5.91 Å². The number of rotatable bonds is 10. The van der Waals surface area contributed by atoms with Crippen molar-refractivity contribution in [1.82, 2.24) is 9.88 Å². The Hall–Kier alpha value is -3.60. The summed E-state index contributed by atoms with van der Waals surface area (Å²) >= 11 is 0. The standard InChI is InChI=1S/C25H25F4N3O4/c1-13(30)22-21(24(33)32(2)11-16-5-7-17(26)10-18(16)27)31-23(36-22)15-6-8-19(35-25(28)29)20(9-15)34-12-14-3-4-14/h5-10,13-14,25H,3-4,11-12,30H2,1-2H3/t13-/m0/s1. The molecular formula is C25H25F4N3O4. The molecule has 0 saturated heterocycles. The Morgan fingerprint density at radius 2 is 1.94 bits per heavy atom. The highest BCUT2D eigenvalue weighted by atomic mass is 19.3. The molecule has 4 rings (SSSR count). The predicted molar refractivity (Wildman–Crippen MR) is 122 cm³/mol. The molecule has 7 nitrogen and oxygen atoms in total. The number of carbonyl (C=O) groups excluding carboxylic acids is 1. The van der Waals surface area contributed by atoms with Gasteiger partial charge in [0.15, 0.2) is 23.0 Å². The molecule has 36 heavy (non-hydrogen) atoms. The largest absolute Gasteiger partial charge is 0.489 e. The van der Waals surface area contributed by atoms with Crippen LogP contribution in [0.3, 0.4) is 0 Å². The fourth-order valence-corrected chi connectivity index (χ4v) is 3.51. The van der Waals surface area contributed by atoms with Crippen LogP contribution in [-0.2, 0) is 6.54 Å². The maximum Gasteiger partial charge on any atom is 0.387 e. The summed E-state index contributed by atoms with van der Waals surface area (Å²) < 4.78 is 69.0. The lowest BCUT2D eigenvalue weighted by atomic mass is 10.1. The first kappa shape index (κ1) is 25.5. The molecule has 192 valence electrons. The van der Waals surface area contributed by atoms with Crippen LogP contribution < -0.4 is 15.2 Å². The molecule has 1 fully saturated rings. The van der Waals surface area contributed by atoms with Crippen LogP contribution >= 0.6 is 0 Å². The smallest absolute Gasteiger partial charge is 0.387 e. The first-order chi connectivity index (χ1) is 17.1. The Morgan fingerprint density at radius 3 is 2.58 bits per heavy atom. The maximum absolute atomic E-state index is 14.1. The molecule has 0 bridgehead atoms. The van der Waals surface area contributed by atoms with Crippen LogP contribution in [0.25, 0.3) is 11.5 Å². The third-order valence-electron chi connectivity index (χ3n) is 5.62. The minimum Gasteiger partial charge on any atom is -0.489 e. The van der Waals surface area contributed by atoms with Crippen LogP contribution in [0.1, 0.15) is 47.6 Å². The molecule has 0 radical (unpaired) electrons. The van der Waals surface area contributed by atoms with Crippen LogP contribution in [0.5, 0.6) is 11.5 Å². The van der Waals surface area contributed by atoms with E-state index in [1.54, 1.807) is 6.92 Å². The van der Waals surface area contributed by atoms with E-state index in [1.807, 2.05) is 0 Å². The molecule has 1 aliphatic carbocycles. The minimum atomic E-state index is -3.03. The fourth-order valence-electron chi connectivity index (χ4n) is 3.51. The van der Waals surface area contributed by atoms with E-state index in [1.165, 1.54) is 36.2 Å². The molecule has 1 aliphatic rings. The summed E-state index contributed by atoms with van der Waals surface area (Å²) in [5.74, 6) is -1.66. The van der Waals surface area contributed by atoms with E-state index >= 15 is 0 Å². The zero-order valence-corrected chi connectivity index (χ0v) is 19.6. The average Bonchev–Trinajstić information content (AvgIpc) is 3.54. The van der Waals surface area contributed by atoms with Gasteiger partial charge in [-0.25, -0.2) is 13.8 Å². The van der Waals surface area contributed by atoms with Gasteiger partial charge in [0, 0.05) is 30.8 Å². The Labute approximate surface area is 204 Å². The molecule has 0 aliphatic heterocycles. The monoisotopic (exact) mass is 507 g/mol. The van der Waals surface area contributed by atoms with Gasteiger partial charge < -0.3 is 24.5 Å². The van der Waals surface area contributed by atoms with Gasteiger partial charge in [0.2, 0.25) is 5.89 Å². The molecule has 1 heterocycles. The number of hydrogen-bond acceptors (Lipinski definition) is 6. The van der Waals surface area contributed by atoms with Crippen LogP contribution in [0.2, 0.25) is 0 Å². The summed E-state index contributed by atoms with van der Waals surface area (Å²) in [5.41, 5.74) is 6.39. The molecule has 1 saturated carbocycles. The van der Waals surface area contributed by atoms with Crippen molar-refractivity contribution >= 4 is 5.91 Å².